The van der Waals surface area contributed by atoms with Gasteiger partial charge in [-0.1, -0.05) is 258 Å². The molecule has 0 amide bonds. The van der Waals surface area contributed by atoms with Crippen molar-refractivity contribution in [2.24, 2.45) is 0 Å². The van der Waals surface area contributed by atoms with E-state index in [1.54, 1.807) is 0 Å². The quantitative estimate of drug-likeness (QED) is 0.0195. The van der Waals surface area contributed by atoms with Crippen LogP contribution in [0.15, 0.2) is 109 Å². The van der Waals surface area contributed by atoms with Gasteiger partial charge in [-0.25, -0.2) is 0 Å². The fourth-order valence-electron chi connectivity index (χ4n) is 8.12. The molecule has 0 fully saturated rings. The minimum Gasteiger partial charge on any atom is -0.756 e. The monoisotopic (exact) mass is 1080 g/mol. The lowest BCUT2D eigenvalue weighted by Crippen LogP contribution is -2.37. The van der Waals surface area contributed by atoms with E-state index in [9.17, 15) is 19.0 Å². The molecule has 76 heavy (non-hydrogen) atoms. The Morgan fingerprint density at radius 2 is 0.750 bits per heavy atom. The van der Waals surface area contributed by atoms with Gasteiger partial charge in [-0.3, -0.25) is 14.2 Å². The molecule has 0 heterocycles. The number of carbonyl (C=O) groups is 2. The predicted octanol–water partition coefficient (Wildman–Crippen LogP) is 18.7. The molecule has 10 heteroatoms. The van der Waals surface area contributed by atoms with Crippen molar-refractivity contribution in [1.29, 1.82) is 0 Å². The minimum atomic E-state index is -4.64. The van der Waals surface area contributed by atoms with E-state index in [1.807, 2.05) is 21.1 Å². The van der Waals surface area contributed by atoms with Crippen molar-refractivity contribution in [3.63, 3.8) is 0 Å². The normalized spacial score (nSPS) is 14.0. The summed E-state index contributed by atoms with van der Waals surface area (Å²) in [7, 11) is 1.16. The number of ether oxygens (including phenoxy) is 2. The fourth-order valence-corrected chi connectivity index (χ4v) is 8.85. The van der Waals surface area contributed by atoms with E-state index in [-0.39, 0.29) is 32.0 Å². The Kier molecular flexibility index (Phi) is 53.9. The molecule has 0 bridgehead atoms. The van der Waals surface area contributed by atoms with Crippen LogP contribution in [0, 0.1) is 0 Å². The number of likely N-dealkylation sites (N-methyl/N-ethyl adjacent to an activating group) is 1. The summed E-state index contributed by atoms with van der Waals surface area (Å²) in [6.07, 6.45) is 78.6. The summed E-state index contributed by atoms with van der Waals surface area (Å²) in [5, 5.41) is 0. The molecule has 0 rings (SSSR count). The highest BCUT2D eigenvalue weighted by molar-refractivity contribution is 7.45. The Hall–Kier alpha value is -3.33. The van der Waals surface area contributed by atoms with Gasteiger partial charge in [0.25, 0.3) is 7.82 Å². The average Bonchev–Trinajstić information content (AvgIpc) is 3.38. The first-order valence-electron chi connectivity index (χ1n) is 30.6. The molecular weight excluding hydrogens is 966 g/mol. The van der Waals surface area contributed by atoms with Crippen LogP contribution < -0.4 is 4.89 Å². The predicted molar refractivity (Wildman–Crippen MR) is 323 cm³/mol. The Morgan fingerprint density at radius 3 is 1.12 bits per heavy atom. The number of rotatable bonds is 55. The number of carbonyl (C=O) groups excluding carboxylic acids is 2. The second-order valence-electron chi connectivity index (χ2n) is 21.3. The fraction of sp³-hybridized carbons (Fsp3) is 0.697. The average molecular weight is 1080 g/mol. The van der Waals surface area contributed by atoms with Crippen LogP contribution in [0.5, 0.6) is 0 Å². The lowest BCUT2D eigenvalue weighted by Gasteiger charge is -2.28. The molecule has 9 nitrogen and oxygen atoms in total. The maximum atomic E-state index is 12.8. The molecule has 0 N–H and O–H groups in total. The third-order valence-corrected chi connectivity index (χ3v) is 13.8. The minimum absolute atomic E-state index is 0.0341. The third-order valence-electron chi connectivity index (χ3n) is 12.8. The van der Waals surface area contributed by atoms with Crippen LogP contribution in [-0.2, 0) is 32.7 Å². The van der Waals surface area contributed by atoms with Crippen LogP contribution in [0.4, 0.5) is 0 Å². The first kappa shape index (κ1) is 72.7. The zero-order valence-electron chi connectivity index (χ0n) is 49.4. The Bertz CT molecular complexity index is 1650. The number of esters is 2. The molecular formula is C66H114NO8P. The zero-order chi connectivity index (χ0) is 55.6. The van der Waals surface area contributed by atoms with Gasteiger partial charge in [-0.2, -0.15) is 0 Å². The highest BCUT2D eigenvalue weighted by Gasteiger charge is 2.22. The van der Waals surface area contributed by atoms with Gasteiger partial charge in [0.2, 0.25) is 0 Å². The zero-order valence-corrected chi connectivity index (χ0v) is 50.3. The summed E-state index contributed by atoms with van der Waals surface area (Å²) in [6.45, 7) is 4.12. The lowest BCUT2D eigenvalue weighted by molar-refractivity contribution is -0.870. The molecule has 0 aliphatic carbocycles. The number of phosphoric acid groups is 1. The maximum Gasteiger partial charge on any atom is 0.306 e. The molecule has 0 aliphatic heterocycles. The van der Waals surface area contributed by atoms with Gasteiger partial charge in [0.05, 0.1) is 27.7 Å². The van der Waals surface area contributed by atoms with Crippen molar-refractivity contribution in [3.05, 3.63) is 109 Å². The number of allylic oxidation sites excluding steroid dienone is 18. The van der Waals surface area contributed by atoms with Crippen LogP contribution >= 0.6 is 7.82 Å². The van der Waals surface area contributed by atoms with E-state index in [2.05, 4.69) is 123 Å². The van der Waals surface area contributed by atoms with E-state index >= 15 is 0 Å². The van der Waals surface area contributed by atoms with E-state index in [0.29, 0.717) is 17.4 Å². The van der Waals surface area contributed by atoms with Crippen molar-refractivity contribution < 1.29 is 42.1 Å². The SMILES string of the molecule is CC/C=C\C/C=C\C/C=C\C/C=C\C/C=C\C/C=C\C/C=C\C/C=C\C/C=C\CCCCCCCCCCCCCC(=O)OC(COC(=O)CCCCCCCCCCCCCCC)COP(=O)([O-])OCC[N+](C)(C)C. The summed E-state index contributed by atoms with van der Waals surface area (Å²) in [4.78, 5) is 37.8. The number of quaternary nitrogens is 1. The molecule has 2 unspecified atom stereocenters. The lowest BCUT2D eigenvalue weighted by atomic mass is 10.0. The van der Waals surface area contributed by atoms with Gasteiger partial charge < -0.3 is 27.9 Å². The third kappa shape index (κ3) is 59.9. The maximum absolute atomic E-state index is 12.8. The van der Waals surface area contributed by atoms with Crippen LogP contribution in [-0.4, -0.2) is 70.0 Å². The summed E-state index contributed by atoms with van der Waals surface area (Å²) < 4.78 is 34.1. The van der Waals surface area contributed by atoms with Gasteiger partial charge in [-0.05, 0) is 83.5 Å². The molecule has 0 aliphatic rings. The number of phosphoric ester groups is 1. The van der Waals surface area contributed by atoms with Crippen LogP contribution in [0.25, 0.3) is 0 Å². The summed E-state index contributed by atoms with van der Waals surface area (Å²) in [6, 6.07) is 0. The standard InChI is InChI=1S/C66H114NO8P/c1-6-8-10-12-14-16-18-20-21-22-23-24-25-26-27-28-29-30-31-32-33-34-35-36-37-38-39-40-41-42-43-44-45-47-49-51-53-55-57-59-66(69)75-64(63-74-76(70,71)73-61-60-67(3,4)5)62-72-65(68)58-56-54-52-50-48-46-19-17-15-13-11-9-7-2/h8,10,14,16,20-21,23-24,26-27,29-30,32-33,35-36,38-39,64H,6-7,9,11-13,15,17-19,22,25,28,31,34,37,40-63H2,1-5H3/b10-8-,16-14-,21-20-,24-23-,27-26-,30-29-,33-32-,36-35-,39-38-. The van der Waals surface area contributed by atoms with Crippen LogP contribution in [0.1, 0.15) is 245 Å². The van der Waals surface area contributed by atoms with E-state index in [4.69, 9.17) is 18.5 Å². The van der Waals surface area contributed by atoms with Crippen molar-refractivity contribution in [2.75, 3.05) is 47.5 Å². The molecule has 436 valence electrons. The van der Waals surface area contributed by atoms with Crippen molar-refractivity contribution in [3.8, 4) is 0 Å². The second-order valence-corrected chi connectivity index (χ2v) is 22.8. The summed E-state index contributed by atoms with van der Waals surface area (Å²) in [5.74, 6) is -0.836. The molecule has 0 aromatic carbocycles. The number of hydrogen-bond donors (Lipinski definition) is 0. The highest BCUT2D eigenvalue weighted by atomic mass is 31.2. The molecule has 0 saturated heterocycles. The van der Waals surface area contributed by atoms with E-state index in [1.165, 1.54) is 109 Å². The molecule has 0 saturated carbocycles. The number of unbranched alkanes of at least 4 members (excludes halogenated alkanes) is 23. The number of hydrogen-bond acceptors (Lipinski definition) is 8. The Morgan fingerprint density at radius 1 is 0.421 bits per heavy atom. The van der Waals surface area contributed by atoms with Crippen molar-refractivity contribution >= 4 is 19.8 Å². The van der Waals surface area contributed by atoms with Gasteiger partial charge in [-0.15, -0.1) is 0 Å². The van der Waals surface area contributed by atoms with Gasteiger partial charge in [0.15, 0.2) is 6.10 Å². The first-order valence-corrected chi connectivity index (χ1v) is 32.1. The van der Waals surface area contributed by atoms with Gasteiger partial charge >= 0.3 is 11.9 Å². The molecule has 0 radical (unpaired) electrons. The van der Waals surface area contributed by atoms with Crippen LogP contribution in [0.2, 0.25) is 0 Å². The Balaban J connectivity index is 4.05. The largest absolute Gasteiger partial charge is 0.756 e. The topological polar surface area (TPSA) is 111 Å². The smallest absolute Gasteiger partial charge is 0.306 e. The molecule has 0 aromatic rings. The second kappa shape index (κ2) is 56.4. The van der Waals surface area contributed by atoms with Gasteiger partial charge in [0.1, 0.15) is 19.8 Å². The number of nitrogens with zero attached hydrogens (tertiary/aromatic N) is 1. The van der Waals surface area contributed by atoms with Crippen LogP contribution in [0.3, 0.4) is 0 Å². The Labute approximate surface area is 467 Å². The van der Waals surface area contributed by atoms with Gasteiger partial charge in [0, 0.05) is 12.8 Å². The molecule has 2 atom stereocenters. The summed E-state index contributed by atoms with van der Waals surface area (Å²) in [5.41, 5.74) is 0. The van der Waals surface area contributed by atoms with Crippen molar-refractivity contribution in [2.45, 2.75) is 251 Å². The van der Waals surface area contributed by atoms with Crippen molar-refractivity contribution in [1.82, 2.24) is 0 Å². The summed E-state index contributed by atoms with van der Waals surface area (Å²) >= 11 is 0. The highest BCUT2D eigenvalue weighted by Crippen LogP contribution is 2.38. The van der Waals surface area contributed by atoms with E-state index < -0.39 is 26.5 Å². The first-order chi connectivity index (χ1) is 37.0. The van der Waals surface area contributed by atoms with E-state index in [0.717, 1.165) is 103 Å². The molecule has 0 spiro atoms. The molecule has 0 aromatic heterocycles.